The van der Waals surface area contributed by atoms with Crippen molar-refractivity contribution in [3.05, 3.63) is 237 Å². The van der Waals surface area contributed by atoms with Gasteiger partial charge in [0, 0.05) is 32.7 Å². The number of halogens is 30. The van der Waals surface area contributed by atoms with Gasteiger partial charge in [-0.25, -0.2) is 0 Å². The van der Waals surface area contributed by atoms with Crippen molar-refractivity contribution in [1.29, 1.82) is 5.26 Å². The third-order valence-corrected chi connectivity index (χ3v) is 17.0. The molecule has 0 saturated heterocycles. The quantitative estimate of drug-likeness (QED) is 0.146. The van der Waals surface area contributed by atoms with Gasteiger partial charge in [0.15, 0.2) is 0 Å². The zero-order valence-corrected chi connectivity index (χ0v) is 50.4. The van der Waals surface area contributed by atoms with E-state index in [4.69, 9.17) is 0 Å². The number of nitriles is 1. The van der Waals surface area contributed by atoms with Crippen LogP contribution >= 0.6 is 0 Å². The van der Waals surface area contributed by atoms with Gasteiger partial charge in [-0.05, 0) is 166 Å². The van der Waals surface area contributed by atoms with Crippen molar-refractivity contribution < 1.29 is 132 Å². The van der Waals surface area contributed by atoms with E-state index >= 15 is 26.3 Å². The first-order valence-corrected chi connectivity index (χ1v) is 29.0. The minimum absolute atomic E-state index is 0.0976. The number of rotatable bonds is 7. The zero-order chi connectivity index (χ0) is 76.3. The molecule has 0 aliphatic heterocycles. The van der Waals surface area contributed by atoms with Gasteiger partial charge >= 0.3 is 61.8 Å². The molecule has 2 heterocycles. The maximum Gasteiger partial charge on any atom is 0.417 e. The standard InChI is InChI=1S/C71H29F30N3/c72-62(73,74)36-8-12-40(50(26-36)68(90,91)92)32-4-16-54-44(22-32)45-23-33(41-13-9-37(63(75,76)77)27-51(41)69(93,94)95)5-17-55(45)103(54)58-20-31(30-102)21-59(61(58)60-48(66(84,85)86)2-1-3-49(60)67(87,88)89)104-56-18-6-34(42-14-10-38(64(78,79)80)28-52(42)70(96,97)98)24-46(56)47-25-35(7-19-57(47)104)43-15-11-39(65(81,82)83)29-53(43)71(99,100)101/h1-29H. The Morgan fingerprint density at radius 2 is 0.462 bits per heavy atom. The molecule has 0 aliphatic carbocycles. The number of nitrogens with zero attached hydrogens (tertiary/aromatic N) is 3. The van der Waals surface area contributed by atoms with Crippen LogP contribution in [0.2, 0.25) is 0 Å². The Hall–Kier alpha value is -10.8. The summed E-state index contributed by atoms with van der Waals surface area (Å²) in [6.45, 7) is 0. The van der Waals surface area contributed by atoms with E-state index in [9.17, 15) is 111 Å². The lowest BCUT2D eigenvalue weighted by atomic mass is 9.89. The van der Waals surface area contributed by atoms with Crippen molar-refractivity contribution >= 4 is 43.6 Å². The monoisotopic (exact) mass is 1490 g/mol. The first-order chi connectivity index (χ1) is 47.8. The Balaban J connectivity index is 1.28. The summed E-state index contributed by atoms with van der Waals surface area (Å²) >= 11 is 0. The summed E-state index contributed by atoms with van der Waals surface area (Å²) in [7, 11) is 0. The molecule has 0 amide bonds. The highest BCUT2D eigenvalue weighted by molar-refractivity contribution is 6.15. The normalized spacial score (nSPS) is 13.5. The van der Waals surface area contributed by atoms with E-state index in [1.807, 2.05) is 0 Å². The second-order valence-corrected chi connectivity index (χ2v) is 23.3. The summed E-state index contributed by atoms with van der Waals surface area (Å²) in [5.41, 5.74) is -36.1. The van der Waals surface area contributed by atoms with Gasteiger partial charge in [0.2, 0.25) is 0 Å². The average molecular weight is 1490 g/mol. The molecule has 2 aromatic heterocycles. The van der Waals surface area contributed by atoms with Crippen LogP contribution in [0.1, 0.15) is 61.2 Å². The summed E-state index contributed by atoms with van der Waals surface area (Å²) < 4.78 is 446. The van der Waals surface area contributed by atoms with Crippen LogP contribution in [-0.4, -0.2) is 9.13 Å². The van der Waals surface area contributed by atoms with Crippen molar-refractivity contribution in [1.82, 2.24) is 9.13 Å². The van der Waals surface area contributed by atoms with Crippen LogP contribution in [0.15, 0.2) is 176 Å². The average Bonchev–Trinajstić information content (AvgIpc) is 1.51. The third-order valence-electron chi connectivity index (χ3n) is 17.0. The van der Waals surface area contributed by atoms with E-state index in [-0.39, 0.29) is 66.7 Å². The number of aromatic nitrogens is 2. The van der Waals surface area contributed by atoms with Gasteiger partial charge in [0.25, 0.3) is 0 Å². The summed E-state index contributed by atoms with van der Waals surface area (Å²) in [5, 5.41) is 8.49. The lowest BCUT2D eigenvalue weighted by Crippen LogP contribution is -2.16. The molecule has 0 fully saturated rings. The molecule has 12 rings (SSSR count). The maximum absolute atomic E-state index is 16.1. The van der Waals surface area contributed by atoms with Gasteiger partial charge in [0.05, 0.1) is 101 Å². The first-order valence-electron chi connectivity index (χ1n) is 29.0. The molecular weight excluding hydrogens is 1460 g/mol. The van der Waals surface area contributed by atoms with Gasteiger partial charge < -0.3 is 9.13 Å². The number of alkyl halides is 30. The van der Waals surface area contributed by atoms with Gasteiger partial charge in [-0.2, -0.15) is 137 Å². The molecule has 538 valence electrons. The second-order valence-electron chi connectivity index (χ2n) is 23.3. The Morgan fingerprint density at radius 1 is 0.231 bits per heavy atom. The highest BCUT2D eigenvalue weighted by Gasteiger charge is 2.46. The third kappa shape index (κ3) is 13.2. The zero-order valence-electron chi connectivity index (χ0n) is 50.4. The molecule has 3 nitrogen and oxygen atoms in total. The summed E-state index contributed by atoms with van der Waals surface area (Å²) in [6, 6.07) is 12.9. The fraction of sp³-hybridized carbons (Fsp3) is 0.141. The smallest absolute Gasteiger partial charge is 0.308 e. The molecule has 10 aromatic carbocycles. The van der Waals surface area contributed by atoms with E-state index in [1.165, 1.54) is 0 Å². The van der Waals surface area contributed by atoms with Gasteiger partial charge in [-0.15, -0.1) is 0 Å². The van der Waals surface area contributed by atoms with Crippen molar-refractivity contribution in [3.8, 4) is 73.1 Å². The predicted molar refractivity (Wildman–Crippen MR) is 317 cm³/mol. The SMILES string of the molecule is N#Cc1cc(-n2c3ccc(-c4ccc(C(F)(F)F)cc4C(F)(F)F)cc3c3cc(-c4ccc(C(F)(F)F)cc4C(F)(F)F)ccc32)c(-c2c(C(F)(F)F)cccc2C(F)(F)F)c(-n2c3ccc(-c4ccc(C(F)(F)F)cc4C(F)(F)F)cc3c3cc(-c4ccc(C(F)(F)F)cc4C(F)(F)F)ccc32)c1. The second kappa shape index (κ2) is 24.1. The largest absolute Gasteiger partial charge is 0.417 e. The topological polar surface area (TPSA) is 33.6 Å². The van der Waals surface area contributed by atoms with Gasteiger partial charge in [-0.1, -0.05) is 54.6 Å². The molecule has 0 atom stereocenters. The molecular formula is C71H29F30N3. The molecule has 0 radical (unpaired) electrons. The van der Waals surface area contributed by atoms with Crippen LogP contribution in [0.25, 0.3) is 111 Å². The highest BCUT2D eigenvalue weighted by atomic mass is 19.4. The number of benzene rings is 10. The lowest BCUT2D eigenvalue weighted by Gasteiger charge is -2.25. The van der Waals surface area contributed by atoms with Gasteiger partial charge in [-0.3, -0.25) is 0 Å². The Labute approximate surface area is 560 Å². The molecule has 0 N–H and O–H groups in total. The highest BCUT2D eigenvalue weighted by Crippen LogP contribution is 2.54. The summed E-state index contributed by atoms with van der Waals surface area (Å²) in [4.78, 5) is 0. The summed E-state index contributed by atoms with van der Waals surface area (Å²) in [6.07, 6.45) is -56.4. The fourth-order valence-corrected chi connectivity index (χ4v) is 12.6. The predicted octanol–water partition coefficient (Wildman–Crippen LogP) is 26.3. The molecule has 33 heteroatoms. The number of fused-ring (bicyclic) bond motifs is 6. The Morgan fingerprint density at radius 3 is 0.663 bits per heavy atom. The van der Waals surface area contributed by atoms with E-state index in [0.717, 1.165) is 72.8 Å². The van der Waals surface area contributed by atoms with Crippen molar-refractivity contribution in [2.45, 2.75) is 61.8 Å². The van der Waals surface area contributed by atoms with Crippen LogP contribution in [0.4, 0.5) is 132 Å². The lowest BCUT2D eigenvalue weighted by molar-refractivity contribution is -0.144. The van der Waals surface area contributed by atoms with Crippen LogP contribution in [-0.2, 0) is 61.8 Å². The minimum Gasteiger partial charge on any atom is -0.308 e. The Bertz CT molecular complexity index is 4940. The van der Waals surface area contributed by atoms with Crippen molar-refractivity contribution in [3.63, 3.8) is 0 Å². The fourth-order valence-electron chi connectivity index (χ4n) is 12.6. The molecule has 0 spiro atoms. The van der Waals surface area contributed by atoms with E-state index in [2.05, 4.69) is 0 Å². The molecule has 104 heavy (non-hydrogen) atoms. The van der Waals surface area contributed by atoms with Crippen molar-refractivity contribution in [2.24, 2.45) is 0 Å². The van der Waals surface area contributed by atoms with Crippen molar-refractivity contribution in [2.75, 3.05) is 0 Å². The van der Waals surface area contributed by atoms with Crippen LogP contribution in [0, 0.1) is 11.3 Å². The summed E-state index contributed by atoms with van der Waals surface area (Å²) in [5.74, 6) is 0. The molecule has 0 aliphatic rings. The molecule has 0 unspecified atom stereocenters. The number of hydrogen-bond donors (Lipinski definition) is 0. The minimum atomic E-state index is -5.96. The van der Waals surface area contributed by atoms with Crippen LogP contribution < -0.4 is 0 Å². The van der Waals surface area contributed by atoms with Crippen LogP contribution in [0.5, 0.6) is 0 Å². The van der Waals surface area contributed by atoms with Gasteiger partial charge in [0.1, 0.15) is 0 Å². The molecule has 0 bridgehead atoms. The molecule has 0 saturated carbocycles. The number of hydrogen-bond acceptors (Lipinski definition) is 1. The molecule has 12 aromatic rings. The van der Waals surface area contributed by atoms with Crippen LogP contribution in [0.3, 0.4) is 0 Å². The van der Waals surface area contributed by atoms with E-state index in [0.29, 0.717) is 45.5 Å². The van der Waals surface area contributed by atoms with E-state index < -0.39 is 234 Å². The van der Waals surface area contributed by atoms with E-state index in [1.54, 1.807) is 6.07 Å². The Kier molecular flexibility index (Phi) is 16.9. The maximum atomic E-state index is 16.1. The first kappa shape index (κ1) is 73.0.